The molecule has 0 aliphatic carbocycles. The zero-order valence-corrected chi connectivity index (χ0v) is 13.7. The lowest BCUT2D eigenvalue weighted by Crippen LogP contribution is -2.08. The van der Waals surface area contributed by atoms with E-state index >= 15 is 0 Å². The Morgan fingerprint density at radius 1 is 1.22 bits per heavy atom. The van der Waals surface area contributed by atoms with Gasteiger partial charge in [0.2, 0.25) is 0 Å². The molecule has 0 unspecified atom stereocenters. The number of benzene rings is 1. The molecular weight excluding hydrogens is 292 g/mol. The Balaban J connectivity index is 2.09. The van der Waals surface area contributed by atoms with E-state index in [0.29, 0.717) is 23.8 Å². The van der Waals surface area contributed by atoms with Gasteiger partial charge in [-0.2, -0.15) is 0 Å². The van der Waals surface area contributed by atoms with Gasteiger partial charge in [0.15, 0.2) is 5.78 Å². The maximum absolute atomic E-state index is 11.5. The highest BCUT2D eigenvalue weighted by molar-refractivity contribution is 5.95. The van der Waals surface area contributed by atoms with Gasteiger partial charge in [-0.15, -0.1) is 0 Å². The molecule has 122 valence electrons. The molecule has 23 heavy (non-hydrogen) atoms. The first kappa shape index (κ1) is 16.9. The first-order chi connectivity index (χ1) is 11.1. The van der Waals surface area contributed by atoms with E-state index in [9.17, 15) is 4.79 Å². The van der Waals surface area contributed by atoms with Gasteiger partial charge in [0.25, 0.3) is 0 Å². The van der Waals surface area contributed by atoms with E-state index in [2.05, 4.69) is 20.6 Å². The van der Waals surface area contributed by atoms with Crippen LogP contribution in [0.25, 0.3) is 0 Å². The van der Waals surface area contributed by atoms with Crippen LogP contribution in [0.4, 0.5) is 17.3 Å². The number of Topliss-reactive ketones (excluding diaryl/α,β-unsaturated/α-hetero) is 1. The Morgan fingerprint density at radius 2 is 2.00 bits per heavy atom. The highest BCUT2D eigenvalue weighted by Gasteiger charge is 2.04. The van der Waals surface area contributed by atoms with E-state index in [-0.39, 0.29) is 5.78 Å². The van der Waals surface area contributed by atoms with E-state index in [1.807, 2.05) is 31.2 Å². The Morgan fingerprint density at radius 3 is 2.74 bits per heavy atom. The average molecular weight is 314 g/mol. The second-order valence-corrected chi connectivity index (χ2v) is 5.22. The van der Waals surface area contributed by atoms with Crippen molar-refractivity contribution >= 4 is 23.1 Å². The SMILES string of the molecule is COCCCNc1cc(Nc2cccc(C(C)=O)c2)nc(C)n1. The Hall–Kier alpha value is -2.47. The second-order valence-electron chi connectivity index (χ2n) is 5.22. The first-order valence-electron chi connectivity index (χ1n) is 7.55. The summed E-state index contributed by atoms with van der Waals surface area (Å²) in [4.78, 5) is 20.2. The Bertz CT molecular complexity index is 673. The fourth-order valence-electron chi connectivity index (χ4n) is 2.12. The second kappa shape index (κ2) is 8.24. The van der Waals surface area contributed by atoms with Crippen LogP contribution in [0.15, 0.2) is 30.3 Å². The number of aromatic nitrogens is 2. The van der Waals surface area contributed by atoms with Gasteiger partial charge in [-0.3, -0.25) is 4.79 Å². The van der Waals surface area contributed by atoms with Crippen molar-refractivity contribution in [2.45, 2.75) is 20.3 Å². The number of nitrogens with one attached hydrogen (secondary N) is 2. The summed E-state index contributed by atoms with van der Waals surface area (Å²) < 4.78 is 5.02. The van der Waals surface area contributed by atoms with Crippen molar-refractivity contribution in [2.24, 2.45) is 0 Å². The number of ether oxygens (including phenoxy) is 1. The summed E-state index contributed by atoms with van der Waals surface area (Å²) in [5.41, 5.74) is 1.49. The number of hydrogen-bond donors (Lipinski definition) is 2. The average Bonchev–Trinajstić information content (AvgIpc) is 2.51. The van der Waals surface area contributed by atoms with Crippen LogP contribution >= 0.6 is 0 Å². The normalized spacial score (nSPS) is 10.4. The molecule has 2 aromatic rings. The van der Waals surface area contributed by atoms with Gasteiger partial charge in [-0.1, -0.05) is 12.1 Å². The molecular formula is C17H22N4O2. The third-order valence-corrected chi connectivity index (χ3v) is 3.21. The molecule has 0 spiro atoms. The highest BCUT2D eigenvalue weighted by Crippen LogP contribution is 2.18. The van der Waals surface area contributed by atoms with Crippen LogP contribution in [-0.2, 0) is 4.74 Å². The van der Waals surface area contributed by atoms with Crippen molar-refractivity contribution < 1.29 is 9.53 Å². The molecule has 0 saturated carbocycles. The minimum Gasteiger partial charge on any atom is -0.385 e. The lowest BCUT2D eigenvalue weighted by Gasteiger charge is -2.10. The van der Waals surface area contributed by atoms with Crippen LogP contribution < -0.4 is 10.6 Å². The number of carbonyl (C=O) groups excluding carboxylic acids is 1. The van der Waals surface area contributed by atoms with Crippen LogP contribution in [-0.4, -0.2) is 36.0 Å². The molecule has 2 rings (SSSR count). The van der Waals surface area contributed by atoms with Gasteiger partial charge in [-0.05, 0) is 32.4 Å². The predicted molar refractivity (Wildman–Crippen MR) is 91.5 cm³/mol. The van der Waals surface area contributed by atoms with Crippen LogP contribution in [0.1, 0.15) is 29.5 Å². The number of nitrogens with zero attached hydrogens (tertiary/aromatic N) is 2. The summed E-state index contributed by atoms with van der Waals surface area (Å²) >= 11 is 0. The zero-order chi connectivity index (χ0) is 16.7. The summed E-state index contributed by atoms with van der Waals surface area (Å²) in [5.74, 6) is 2.16. The van der Waals surface area contributed by atoms with Crippen molar-refractivity contribution in [1.29, 1.82) is 0 Å². The van der Waals surface area contributed by atoms with Gasteiger partial charge in [0.05, 0.1) is 0 Å². The summed E-state index contributed by atoms with van der Waals surface area (Å²) in [6, 6.07) is 9.19. The molecule has 0 radical (unpaired) electrons. The standard InChI is InChI=1S/C17H22N4O2/c1-12(22)14-6-4-7-15(10-14)21-17-11-16(19-13(2)20-17)18-8-5-9-23-3/h4,6-7,10-11H,5,8-9H2,1-3H3,(H2,18,19,20,21). The Kier molecular flexibility index (Phi) is 6.05. The van der Waals surface area contributed by atoms with E-state index in [0.717, 1.165) is 24.5 Å². The lowest BCUT2D eigenvalue weighted by atomic mass is 10.1. The van der Waals surface area contributed by atoms with Crippen LogP contribution in [0, 0.1) is 6.92 Å². The number of rotatable bonds is 8. The monoisotopic (exact) mass is 314 g/mol. The van der Waals surface area contributed by atoms with E-state index < -0.39 is 0 Å². The lowest BCUT2D eigenvalue weighted by molar-refractivity contribution is 0.101. The first-order valence-corrected chi connectivity index (χ1v) is 7.55. The summed E-state index contributed by atoms with van der Waals surface area (Å²) in [5, 5.41) is 6.46. The molecule has 1 heterocycles. The molecule has 6 heteroatoms. The van der Waals surface area contributed by atoms with Crippen molar-refractivity contribution in [2.75, 3.05) is 30.9 Å². The van der Waals surface area contributed by atoms with Gasteiger partial charge < -0.3 is 15.4 Å². The molecule has 1 aromatic heterocycles. The van der Waals surface area contributed by atoms with Crippen LogP contribution in [0.5, 0.6) is 0 Å². The van der Waals surface area contributed by atoms with Gasteiger partial charge in [0, 0.05) is 37.6 Å². The maximum atomic E-state index is 11.5. The van der Waals surface area contributed by atoms with Crippen molar-refractivity contribution in [3.05, 3.63) is 41.7 Å². The largest absolute Gasteiger partial charge is 0.385 e. The smallest absolute Gasteiger partial charge is 0.159 e. The van der Waals surface area contributed by atoms with Crippen molar-refractivity contribution in [3.8, 4) is 0 Å². The van der Waals surface area contributed by atoms with Crippen LogP contribution in [0.3, 0.4) is 0 Å². The quantitative estimate of drug-likeness (QED) is 0.576. The number of methoxy groups -OCH3 is 1. The number of carbonyl (C=O) groups is 1. The van der Waals surface area contributed by atoms with Crippen molar-refractivity contribution in [3.63, 3.8) is 0 Å². The number of aryl methyl sites for hydroxylation is 1. The highest BCUT2D eigenvalue weighted by atomic mass is 16.5. The molecule has 0 fully saturated rings. The molecule has 6 nitrogen and oxygen atoms in total. The van der Waals surface area contributed by atoms with Gasteiger partial charge >= 0.3 is 0 Å². The third kappa shape index (κ3) is 5.34. The topological polar surface area (TPSA) is 76.1 Å². The summed E-state index contributed by atoms with van der Waals surface area (Å²) in [6.07, 6.45) is 0.906. The minimum absolute atomic E-state index is 0.0352. The summed E-state index contributed by atoms with van der Waals surface area (Å²) in [7, 11) is 1.69. The fourth-order valence-corrected chi connectivity index (χ4v) is 2.12. The number of anilines is 3. The van der Waals surface area contributed by atoms with E-state index in [1.165, 1.54) is 0 Å². The molecule has 1 aromatic carbocycles. The fraction of sp³-hybridized carbons (Fsp3) is 0.353. The zero-order valence-electron chi connectivity index (χ0n) is 13.7. The molecule has 0 aliphatic heterocycles. The molecule has 0 bridgehead atoms. The molecule has 2 N–H and O–H groups in total. The molecule has 0 aliphatic rings. The Labute approximate surface area is 136 Å². The van der Waals surface area contributed by atoms with E-state index in [4.69, 9.17) is 4.74 Å². The predicted octanol–water partition coefficient (Wildman–Crippen LogP) is 3.18. The van der Waals surface area contributed by atoms with Gasteiger partial charge in [0.1, 0.15) is 17.5 Å². The third-order valence-electron chi connectivity index (χ3n) is 3.21. The maximum Gasteiger partial charge on any atom is 0.159 e. The minimum atomic E-state index is 0.0352. The van der Waals surface area contributed by atoms with E-state index in [1.54, 1.807) is 20.1 Å². The summed E-state index contributed by atoms with van der Waals surface area (Å²) in [6.45, 7) is 4.89. The van der Waals surface area contributed by atoms with Gasteiger partial charge in [-0.25, -0.2) is 9.97 Å². The number of hydrogen-bond acceptors (Lipinski definition) is 6. The van der Waals surface area contributed by atoms with Crippen molar-refractivity contribution in [1.82, 2.24) is 9.97 Å². The van der Waals surface area contributed by atoms with Crippen LogP contribution in [0.2, 0.25) is 0 Å². The number of ketones is 1. The molecule has 0 atom stereocenters. The molecule has 0 saturated heterocycles. The molecule has 0 amide bonds.